The van der Waals surface area contributed by atoms with Crippen molar-refractivity contribution >= 4 is 34.2 Å². The monoisotopic (exact) mass is 479 g/mol. The molecule has 0 bridgehead atoms. The highest BCUT2D eigenvalue weighted by Gasteiger charge is 2.15. The van der Waals surface area contributed by atoms with Crippen LogP contribution in [0.25, 0.3) is 16.6 Å². The Morgan fingerprint density at radius 1 is 1.15 bits per heavy atom. The molecule has 1 amide bonds. The van der Waals surface area contributed by atoms with Crippen LogP contribution in [0.2, 0.25) is 0 Å². The van der Waals surface area contributed by atoms with E-state index < -0.39 is 0 Å². The zero-order valence-electron chi connectivity index (χ0n) is 20.6. The second-order valence-electron chi connectivity index (χ2n) is 9.07. The summed E-state index contributed by atoms with van der Waals surface area (Å²) in [6.07, 6.45) is 4.72. The summed E-state index contributed by atoms with van der Waals surface area (Å²) in [7, 11) is 0. The van der Waals surface area contributed by atoms with E-state index in [0.717, 1.165) is 63.9 Å². The number of nitrogens with zero attached hydrogens (tertiary/aromatic N) is 6. The smallest absolute Gasteiger partial charge is 0.220 e. The van der Waals surface area contributed by atoms with Crippen molar-refractivity contribution < 1.29 is 4.79 Å². The zero-order chi connectivity index (χ0) is 24.2. The van der Waals surface area contributed by atoms with Crippen LogP contribution in [0.15, 0.2) is 29.4 Å². The van der Waals surface area contributed by atoms with Gasteiger partial charge in [0.25, 0.3) is 0 Å². The van der Waals surface area contributed by atoms with Crippen LogP contribution >= 0.6 is 11.8 Å². The van der Waals surface area contributed by atoms with E-state index in [0.29, 0.717) is 25.3 Å². The van der Waals surface area contributed by atoms with Crippen molar-refractivity contribution in [3.05, 3.63) is 47.0 Å². The first-order valence-electron chi connectivity index (χ1n) is 11.8. The summed E-state index contributed by atoms with van der Waals surface area (Å²) in [6.45, 7) is 9.99. The molecule has 0 saturated heterocycles. The number of benzene rings is 1. The first-order valence-corrected chi connectivity index (χ1v) is 13.1. The molecule has 0 aliphatic carbocycles. The molecule has 0 saturated carbocycles. The van der Waals surface area contributed by atoms with Crippen molar-refractivity contribution in [2.24, 2.45) is 5.92 Å². The highest BCUT2D eigenvalue weighted by molar-refractivity contribution is 7.98. The quantitative estimate of drug-likeness (QED) is 0.271. The topological polar surface area (TPSA) is 90.0 Å². The van der Waals surface area contributed by atoms with E-state index in [1.54, 1.807) is 11.8 Å². The molecule has 0 radical (unpaired) electrons. The number of aryl methyl sites for hydroxylation is 3. The van der Waals surface area contributed by atoms with Gasteiger partial charge in [-0.25, -0.2) is 9.50 Å². The van der Waals surface area contributed by atoms with Gasteiger partial charge < -0.3 is 9.88 Å². The van der Waals surface area contributed by atoms with Crippen LogP contribution in [0.3, 0.4) is 0 Å². The van der Waals surface area contributed by atoms with Gasteiger partial charge in [0.1, 0.15) is 5.82 Å². The van der Waals surface area contributed by atoms with Crippen LogP contribution in [0.5, 0.6) is 0 Å². The largest absolute Gasteiger partial charge is 0.356 e. The highest BCUT2D eigenvalue weighted by Crippen LogP contribution is 2.23. The maximum Gasteiger partial charge on any atom is 0.220 e. The molecule has 180 valence electrons. The molecule has 3 heterocycles. The lowest BCUT2D eigenvalue weighted by Crippen LogP contribution is -2.25. The van der Waals surface area contributed by atoms with Crippen molar-refractivity contribution in [3.63, 3.8) is 0 Å². The molecule has 8 nitrogen and oxygen atoms in total. The number of fused-ring (bicyclic) bond motifs is 3. The van der Waals surface area contributed by atoms with Gasteiger partial charge in [-0.05, 0) is 56.6 Å². The van der Waals surface area contributed by atoms with Crippen molar-refractivity contribution in [3.8, 4) is 0 Å². The Hall–Kier alpha value is -2.94. The molecule has 0 spiro atoms. The number of carbonyl (C=O) groups is 1. The molecular formula is C25H33N7OS. The van der Waals surface area contributed by atoms with Crippen LogP contribution in [-0.4, -0.2) is 48.1 Å². The molecule has 3 aromatic heterocycles. The van der Waals surface area contributed by atoms with Crippen LogP contribution in [0, 0.1) is 19.8 Å². The lowest BCUT2D eigenvalue weighted by molar-refractivity contribution is -0.121. The van der Waals surface area contributed by atoms with E-state index >= 15 is 0 Å². The number of amides is 1. The third kappa shape index (κ3) is 5.09. The average Bonchev–Trinajstić information content (AvgIpc) is 3.37. The van der Waals surface area contributed by atoms with Gasteiger partial charge in [-0.2, -0.15) is 5.10 Å². The summed E-state index contributed by atoms with van der Waals surface area (Å²) in [5, 5.41) is 18.4. The van der Waals surface area contributed by atoms with Crippen molar-refractivity contribution in [1.82, 2.24) is 34.7 Å². The Morgan fingerprint density at radius 3 is 2.71 bits per heavy atom. The lowest BCUT2D eigenvalue weighted by Gasteiger charge is -2.12. The summed E-state index contributed by atoms with van der Waals surface area (Å²) in [6, 6.07) is 8.03. The molecule has 1 aromatic carbocycles. The normalized spacial score (nSPS) is 11.7. The molecule has 4 rings (SSSR count). The number of hydrogen-bond donors (Lipinski definition) is 1. The third-order valence-corrected chi connectivity index (χ3v) is 6.71. The first-order chi connectivity index (χ1) is 16.4. The van der Waals surface area contributed by atoms with E-state index in [1.807, 2.05) is 42.0 Å². The molecule has 0 aliphatic rings. The summed E-state index contributed by atoms with van der Waals surface area (Å²) in [4.78, 5) is 17.3. The van der Waals surface area contributed by atoms with E-state index in [1.165, 1.54) is 0 Å². The molecule has 9 heteroatoms. The Bertz CT molecular complexity index is 1310. The van der Waals surface area contributed by atoms with Gasteiger partial charge in [-0.1, -0.05) is 37.7 Å². The minimum atomic E-state index is 0.0537. The maximum absolute atomic E-state index is 12.5. The average molecular weight is 480 g/mol. The first kappa shape index (κ1) is 24.2. The SMILES string of the molecule is CSc1nnc(CCCNC(=O)CCc2c(C)nc3c4ccccc4nn3c2C)n1CC(C)C. The van der Waals surface area contributed by atoms with E-state index in [-0.39, 0.29) is 5.91 Å². The zero-order valence-corrected chi connectivity index (χ0v) is 21.4. The van der Waals surface area contributed by atoms with Crippen LogP contribution in [0.4, 0.5) is 0 Å². The number of hydrogen-bond acceptors (Lipinski definition) is 6. The molecule has 1 N–H and O–H groups in total. The van der Waals surface area contributed by atoms with Crippen molar-refractivity contribution in [2.75, 3.05) is 12.8 Å². The Labute approximate surface area is 204 Å². The molecule has 4 aromatic rings. The Morgan fingerprint density at radius 2 is 1.94 bits per heavy atom. The van der Waals surface area contributed by atoms with Crippen molar-refractivity contribution in [2.45, 2.75) is 65.1 Å². The van der Waals surface area contributed by atoms with Crippen LogP contribution in [0.1, 0.15) is 49.5 Å². The number of rotatable bonds is 10. The number of nitrogens with one attached hydrogen (secondary N) is 1. The van der Waals surface area contributed by atoms with Gasteiger partial charge in [0.2, 0.25) is 5.91 Å². The molecule has 34 heavy (non-hydrogen) atoms. The molecule has 0 unspecified atom stereocenters. The van der Waals surface area contributed by atoms with E-state index in [9.17, 15) is 4.79 Å². The fraction of sp³-hybridized carbons (Fsp3) is 0.480. The van der Waals surface area contributed by atoms with Gasteiger partial charge in [-0.15, -0.1) is 10.2 Å². The maximum atomic E-state index is 12.5. The second-order valence-corrected chi connectivity index (χ2v) is 9.85. The van der Waals surface area contributed by atoms with Crippen LogP contribution in [-0.2, 0) is 24.2 Å². The van der Waals surface area contributed by atoms with Gasteiger partial charge in [0.15, 0.2) is 10.8 Å². The minimum Gasteiger partial charge on any atom is -0.356 e. The van der Waals surface area contributed by atoms with Crippen molar-refractivity contribution in [1.29, 1.82) is 0 Å². The summed E-state index contributed by atoms with van der Waals surface area (Å²) >= 11 is 1.62. The predicted octanol–water partition coefficient (Wildman–Crippen LogP) is 4.15. The summed E-state index contributed by atoms with van der Waals surface area (Å²) in [5.41, 5.74) is 4.88. The Balaban J connectivity index is 1.32. The summed E-state index contributed by atoms with van der Waals surface area (Å²) in [5.74, 6) is 1.57. The fourth-order valence-corrected chi connectivity index (χ4v) is 4.87. The standard InChI is InChI=1S/C25H33N7OS/c1-16(2)15-31-22(28-29-25(31)34-5)11-8-14-26-23(33)13-12-19-17(3)27-24-20-9-6-7-10-21(20)30-32(24)18(19)4/h6-7,9-10,16H,8,11-15H2,1-5H3,(H,26,33). The molecule has 0 atom stereocenters. The number of carbonyl (C=O) groups excluding carboxylic acids is 1. The fourth-order valence-electron chi connectivity index (χ4n) is 4.34. The summed E-state index contributed by atoms with van der Waals surface area (Å²) < 4.78 is 4.10. The van der Waals surface area contributed by atoms with Crippen LogP contribution < -0.4 is 5.32 Å². The minimum absolute atomic E-state index is 0.0537. The van der Waals surface area contributed by atoms with Gasteiger partial charge in [-0.3, -0.25) is 4.79 Å². The van der Waals surface area contributed by atoms with Gasteiger partial charge in [0, 0.05) is 42.7 Å². The third-order valence-electron chi connectivity index (χ3n) is 6.04. The van der Waals surface area contributed by atoms with Gasteiger partial charge >= 0.3 is 0 Å². The number of thioether (sulfide) groups is 1. The molecule has 0 aliphatic heterocycles. The molecule has 0 fully saturated rings. The second kappa shape index (κ2) is 10.5. The predicted molar refractivity (Wildman–Crippen MR) is 136 cm³/mol. The Kier molecular flexibility index (Phi) is 7.50. The van der Waals surface area contributed by atoms with E-state index in [2.05, 4.69) is 40.9 Å². The van der Waals surface area contributed by atoms with E-state index in [4.69, 9.17) is 10.1 Å². The number of aromatic nitrogens is 6. The molecular weight excluding hydrogens is 446 g/mol. The highest BCUT2D eigenvalue weighted by atomic mass is 32.2. The lowest BCUT2D eigenvalue weighted by atomic mass is 10.1. The van der Waals surface area contributed by atoms with Gasteiger partial charge in [0.05, 0.1) is 5.52 Å².